The van der Waals surface area contributed by atoms with Crippen LogP contribution in [0, 0.1) is 13.8 Å². The normalized spacial score (nSPS) is 15.7. The summed E-state index contributed by atoms with van der Waals surface area (Å²) in [6.07, 6.45) is 3.21. The van der Waals surface area contributed by atoms with Crippen molar-refractivity contribution in [2.45, 2.75) is 38.8 Å². The molecule has 0 heterocycles. The molecular weight excluding hydrogens is 370 g/mol. The van der Waals surface area contributed by atoms with Gasteiger partial charge in [-0.15, -0.1) is 0 Å². The fourth-order valence-electron chi connectivity index (χ4n) is 3.00. The van der Waals surface area contributed by atoms with E-state index in [4.69, 9.17) is 4.74 Å². The van der Waals surface area contributed by atoms with Crippen LogP contribution in [-0.2, 0) is 37.5 Å². The van der Waals surface area contributed by atoms with Crippen LogP contribution >= 0.6 is 7.26 Å². The molecule has 0 saturated heterocycles. The van der Waals surface area contributed by atoms with Gasteiger partial charge in [-0.1, -0.05) is 0 Å². The predicted octanol–water partition coefficient (Wildman–Crippen LogP) is 4.08. The number of benzene rings is 1. The Morgan fingerprint density at radius 3 is 2.14 bits per heavy atom. The van der Waals surface area contributed by atoms with Crippen LogP contribution in [0.4, 0.5) is 5.69 Å². The van der Waals surface area contributed by atoms with E-state index in [-0.39, 0.29) is 43.8 Å². The van der Waals surface area contributed by atoms with Crippen molar-refractivity contribution >= 4 is 18.9 Å². The number of anilines is 1. The minimum atomic E-state index is -1.19. The Morgan fingerprint density at radius 2 is 1.77 bits per heavy atom. The third-order valence-electron chi connectivity index (χ3n) is 5.08. The van der Waals surface area contributed by atoms with Gasteiger partial charge in [0.05, 0.1) is 13.3 Å². The van der Waals surface area contributed by atoms with Gasteiger partial charge in [-0.2, -0.15) is 0 Å². The minimum absolute atomic E-state index is 0. The summed E-state index contributed by atoms with van der Waals surface area (Å²) in [6, 6.07) is 3.95. The number of carbonyl (C=O) groups is 1. The summed E-state index contributed by atoms with van der Waals surface area (Å²) >= 11 is 0. The second kappa shape index (κ2) is 7.28. The first-order chi connectivity index (χ1) is 9.77. The molecule has 119 valence electrons. The van der Waals surface area contributed by atoms with Gasteiger partial charge in [0.25, 0.3) is 5.91 Å². The van der Waals surface area contributed by atoms with Gasteiger partial charge in [0, 0.05) is 71.8 Å². The van der Waals surface area contributed by atoms with E-state index in [9.17, 15) is 4.79 Å². The molecule has 0 aromatic heterocycles. The number of methoxy groups -OCH3 is 1. The number of nitrogens with one attached hydrogen (secondary N) is 1. The van der Waals surface area contributed by atoms with Crippen molar-refractivity contribution in [3.63, 3.8) is 0 Å². The van der Waals surface area contributed by atoms with Crippen molar-refractivity contribution in [3.8, 4) is 5.75 Å². The summed E-state index contributed by atoms with van der Waals surface area (Å²) in [5.41, 5.74) is 3.07. The number of amides is 1. The van der Waals surface area contributed by atoms with Crippen molar-refractivity contribution in [3.05, 3.63) is 23.3 Å². The molecule has 1 aromatic rings. The van der Waals surface area contributed by atoms with E-state index < -0.39 is 7.26 Å². The van der Waals surface area contributed by atoms with Crippen LogP contribution in [0.2, 0.25) is 0 Å². The Morgan fingerprint density at radius 1 is 1.27 bits per heavy atom. The van der Waals surface area contributed by atoms with Crippen LogP contribution in [0.1, 0.15) is 30.9 Å². The smallest absolute Gasteiger partial charge is 0.268 e. The molecule has 1 aliphatic rings. The monoisotopic (exact) mass is 397 g/mol. The summed E-state index contributed by atoms with van der Waals surface area (Å²) in [5.74, 6) is 1.06. The van der Waals surface area contributed by atoms with Gasteiger partial charge in [-0.25, -0.2) is 0 Å². The number of rotatable bonds is 5. The quantitative estimate of drug-likeness (QED) is 0.761. The first-order valence-corrected chi connectivity index (χ1v) is 10.4. The topological polar surface area (TPSA) is 38.3 Å². The SMILES string of the molecule is CC[P+](C)(C)C1(C(=O)Nc2c(C)cc(OC)cc2C)CC1.[Y]. The van der Waals surface area contributed by atoms with Crippen molar-refractivity contribution in [2.24, 2.45) is 0 Å². The van der Waals surface area contributed by atoms with E-state index in [0.717, 1.165) is 41.6 Å². The molecule has 1 radical (unpaired) electrons. The molecule has 1 fully saturated rings. The maximum atomic E-state index is 12.8. The van der Waals surface area contributed by atoms with Crippen molar-refractivity contribution in [1.29, 1.82) is 0 Å². The van der Waals surface area contributed by atoms with Gasteiger partial charge in [0.15, 0.2) is 5.16 Å². The van der Waals surface area contributed by atoms with Crippen molar-refractivity contribution in [2.75, 3.05) is 31.9 Å². The van der Waals surface area contributed by atoms with Crippen LogP contribution in [-0.4, -0.2) is 37.7 Å². The Kier molecular flexibility index (Phi) is 6.64. The molecule has 1 amide bonds. The Balaban J connectivity index is 0.00000242. The molecule has 22 heavy (non-hydrogen) atoms. The number of aryl methyl sites for hydroxylation is 2. The van der Waals surface area contributed by atoms with Crippen LogP contribution in [0.3, 0.4) is 0 Å². The van der Waals surface area contributed by atoms with E-state index in [1.165, 1.54) is 0 Å². The van der Waals surface area contributed by atoms with Gasteiger partial charge < -0.3 is 10.1 Å². The first-order valence-electron chi connectivity index (χ1n) is 7.57. The van der Waals surface area contributed by atoms with E-state index >= 15 is 0 Å². The molecular formula is C17H27NO2PY+. The zero-order valence-electron chi connectivity index (χ0n) is 14.6. The van der Waals surface area contributed by atoms with Crippen LogP contribution in [0.5, 0.6) is 5.75 Å². The molecule has 1 saturated carbocycles. The molecule has 1 N–H and O–H groups in total. The Hall–Kier alpha value is 0.0239. The van der Waals surface area contributed by atoms with Gasteiger partial charge in [-0.3, -0.25) is 4.79 Å². The van der Waals surface area contributed by atoms with Crippen molar-refractivity contribution < 1.29 is 42.2 Å². The Bertz CT molecular complexity index is 545. The fraction of sp³-hybridized carbons (Fsp3) is 0.588. The van der Waals surface area contributed by atoms with Gasteiger partial charge in [0.2, 0.25) is 0 Å². The van der Waals surface area contributed by atoms with Crippen LogP contribution in [0.25, 0.3) is 0 Å². The van der Waals surface area contributed by atoms with Gasteiger partial charge in [0.1, 0.15) is 5.75 Å². The first kappa shape index (κ1) is 20.1. The minimum Gasteiger partial charge on any atom is -0.497 e. The molecule has 0 atom stereocenters. The maximum absolute atomic E-state index is 12.8. The van der Waals surface area contributed by atoms with E-state index in [1.54, 1.807) is 7.11 Å². The molecule has 0 spiro atoms. The van der Waals surface area contributed by atoms with Gasteiger partial charge in [-0.05, 0) is 44.0 Å². The predicted molar refractivity (Wildman–Crippen MR) is 92.4 cm³/mol. The number of ether oxygens (including phenoxy) is 1. The van der Waals surface area contributed by atoms with Crippen LogP contribution in [0.15, 0.2) is 12.1 Å². The number of hydrogen-bond acceptors (Lipinski definition) is 2. The average molecular weight is 397 g/mol. The second-order valence-electron chi connectivity index (χ2n) is 6.62. The fourth-order valence-corrected chi connectivity index (χ4v) is 5.53. The zero-order valence-corrected chi connectivity index (χ0v) is 18.3. The third-order valence-corrected chi connectivity index (χ3v) is 9.62. The van der Waals surface area contributed by atoms with E-state index in [1.807, 2.05) is 26.0 Å². The molecule has 0 bridgehead atoms. The molecule has 1 aromatic carbocycles. The largest absolute Gasteiger partial charge is 0.497 e. The summed E-state index contributed by atoms with van der Waals surface area (Å²) in [6.45, 7) is 10.9. The summed E-state index contributed by atoms with van der Waals surface area (Å²) in [5, 5.41) is 3.12. The third kappa shape index (κ3) is 3.57. The summed E-state index contributed by atoms with van der Waals surface area (Å²) in [4.78, 5) is 12.8. The molecule has 0 aliphatic heterocycles. The molecule has 1 aliphatic carbocycles. The zero-order chi connectivity index (χ0) is 15.8. The summed E-state index contributed by atoms with van der Waals surface area (Å²) < 4.78 is 5.28. The standard InChI is InChI=1S/C17H26NO2P.Y/c1-7-21(5,6)17(8-9-17)16(19)18-15-12(2)10-14(20-4)11-13(15)3;/h10-11H,7-9H2,1-6H3;/p+1. The Labute approximate surface area is 160 Å². The average Bonchev–Trinajstić information content (AvgIpc) is 3.24. The van der Waals surface area contributed by atoms with Crippen molar-refractivity contribution in [1.82, 2.24) is 0 Å². The molecule has 2 rings (SSSR count). The maximum Gasteiger partial charge on any atom is 0.268 e. The number of hydrogen-bond donors (Lipinski definition) is 1. The number of carbonyl (C=O) groups excluding carboxylic acids is 1. The van der Waals surface area contributed by atoms with Crippen LogP contribution < -0.4 is 10.1 Å². The second-order valence-corrected chi connectivity index (χ2v) is 11.5. The molecule has 3 nitrogen and oxygen atoms in total. The van der Waals surface area contributed by atoms with E-state index in [0.29, 0.717) is 0 Å². The van der Waals surface area contributed by atoms with Gasteiger partial charge >= 0.3 is 0 Å². The molecule has 0 unspecified atom stereocenters. The van der Waals surface area contributed by atoms with E-state index in [2.05, 4.69) is 25.6 Å². The molecule has 5 heteroatoms. The summed E-state index contributed by atoms with van der Waals surface area (Å²) in [7, 11) is 0.476.